The van der Waals surface area contributed by atoms with Gasteiger partial charge in [0.25, 0.3) is 0 Å². The van der Waals surface area contributed by atoms with Crippen LogP contribution in [-0.2, 0) is 4.79 Å². The predicted octanol–water partition coefficient (Wildman–Crippen LogP) is 2.37. The van der Waals surface area contributed by atoms with E-state index in [1.54, 1.807) is 12.3 Å². The van der Waals surface area contributed by atoms with Crippen molar-refractivity contribution in [1.82, 2.24) is 4.98 Å². The molecule has 11 heavy (non-hydrogen) atoms. The summed E-state index contributed by atoms with van der Waals surface area (Å²) < 4.78 is 0. The number of aldehydes is 1. The fraction of sp³-hybridized carbons (Fsp3) is 0.143. The molecule has 0 bridgehead atoms. The number of pyridine rings is 1. The molecule has 0 aliphatic heterocycles. The number of halogens is 2. The molecule has 0 spiro atoms. The molecule has 0 aliphatic carbocycles. The highest BCUT2D eigenvalue weighted by molar-refractivity contribution is 9.09. The monoisotopic (exact) mass is 233 g/mol. The number of aromatic nitrogens is 1. The third kappa shape index (κ3) is 2.01. The van der Waals surface area contributed by atoms with E-state index in [4.69, 9.17) is 11.6 Å². The highest BCUT2D eigenvalue weighted by Crippen LogP contribution is 2.26. The van der Waals surface area contributed by atoms with Crippen LogP contribution in [0.4, 0.5) is 0 Å². The maximum atomic E-state index is 10.3. The molecule has 0 saturated carbocycles. The number of alkyl halides is 1. The summed E-state index contributed by atoms with van der Waals surface area (Å²) >= 11 is 8.90. The number of nitrogens with zero attached hydrogens (tertiary/aromatic N) is 1. The SMILES string of the molecule is O=C[C@@H](Br)c1ccncc1Cl. The fourth-order valence-electron chi connectivity index (χ4n) is 0.683. The van der Waals surface area contributed by atoms with Crippen LogP contribution in [0.15, 0.2) is 18.5 Å². The van der Waals surface area contributed by atoms with Gasteiger partial charge in [-0.25, -0.2) is 0 Å². The lowest BCUT2D eigenvalue weighted by Crippen LogP contribution is -1.91. The molecule has 1 rings (SSSR count). The summed E-state index contributed by atoms with van der Waals surface area (Å²) in [6.07, 6.45) is 3.88. The van der Waals surface area contributed by atoms with Crippen LogP contribution < -0.4 is 0 Å². The largest absolute Gasteiger partial charge is 0.302 e. The van der Waals surface area contributed by atoms with Crippen molar-refractivity contribution in [3.8, 4) is 0 Å². The summed E-state index contributed by atoms with van der Waals surface area (Å²) in [6.45, 7) is 0. The van der Waals surface area contributed by atoms with Crippen LogP contribution in [-0.4, -0.2) is 11.3 Å². The van der Waals surface area contributed by atoms with Gasteiger partial charge in [0.1, 0.15) is 6.29 Å². The molecule has 1 heterocycles. The molecule has 0 aliphatic rings. The normalized spacial score (nSPS) is 12.5. The van der Waals surface area contributed by atoms with Crippen molar-refractivity contribution in [1.29, 1.82) is 0 Å². The van der Waals surface area contributed by atoms with Crippen molar-refractivity contribution in [3.05, 3.63) is 29.0 Å². The summed E-state index contributed by atoms with van der Waals surface area (Å²) in [7, 11) is 0. The molecule has 1 atom stereocenters. The first kappa shape index (κ1) is 8.68. The Morgan fingerprint density at radius 2 is 2.45 bits per heavy atom. The minimum atomic E-state index is -0.335. The first-order valence-electron chi connectivity index (χ1n) is 2.94. The Bertz CT molecular complexity index is 266. The van der Waals surface area contributed by atoms with Crippen molar-refractivity contribution < 1.29 is 4.79 Å². The van der Waals surface area contributed by atoms with E-state index in [0.29, 0.717) is 5.02 Å². The van der Waals surface area contributed by atoms with E-state index < -0.39 is 0 Å². The quantitative estimate of drug-likeness (QED) is 0.581. The maximum Gasteiger partial charge on any atom is 0.138 e. The van der Waals surface area contributed by atoms with Crippen molar-refractivity contribution >= 4 is 33.8 Å². The van der Waals surface area contributed by atoms with E-state index in [0.717, 1.165) is 11.8 Å². The van der Waals surface area contributed by atoms with Gasteiger partial charge < -0.3 is 4.79 Å². The Morgan fingerprint density at radius 1 is 1.73 bits per heavy atom. The second-order valence-electron chi connectivity index (χ2n) is 1.94. The van der Waals surface area contributed by atoms with E-state index in [-0.39, 0.29) is 4.83 Å². The number of carbonyl (C=O) groups is 1. The Hall–Kier alpha value is -0.410. The van der Waals surface area contributed by atoms with Gasteiger partial charge in [-0.2, -0.15) is 0 Å². The summed E-state index contributed by atoms with van der Waals surface area (Å²) in [5, 5.41) is 0.501. The molecule has 4 heteroatoms. The van der Waals surface area contributed by atoms with Gasteiger partial charge in [0, 0.05) is 12.4 Å². The van der Waals surface area contributed by atoms with Gasteiger partial charge in [0.05, 0.1) is 9.85 Å². The average Bonchev–Trinajstić information content (AvgIpc) is 2.04. The molecule has 1 aromatic heterocycles. The third-order valence-electron chi connectivity index (χ3n) is 1.22. The predicted molar refractivity (Wildman–Crippen MR) is 47.0 cm³/mol. The molecular formula is C7H5BrClNO. The molecule has 0 N–H and O–H groups in total. The first-order valence-corrected chi connectivity index (χ1v) is 4.24. The lowest BCUT2D eigenvalue weighted by atomic mass is 10.2. The highest BCUT2D eigenvalue weighted by atomic mass is 79.9. The average molecular weight is 234 g/mol. The number of carbonyl (C=O) groups excluding carboxylic acids is 1. The maximum absolute atomic E-state index is 10.3. The topological polar surface area (TPSA) is 30.0 Å². The van der Waals surface area contributed by atoms with Crippen LogP contribution in [0.3, 0.4) is 0 Å². The van der Waals surface area contributed by atoms with E-state index in [2.05, 4.69) is 20.9 Å². The lowest BCUT2D eigenvalue weighted by molar-refractivity contribution is -0.107. The molecule has 58 valence electrons. The minimum Gasteiger partial charge on any atom is -0.302 e. The van der Waals surface area contributed by atoms with Crippen LogP contribution in [0.5, 0.6) is 0 Å². The van der Waals surface area contributed by atoms with Crippen molar-refractivity contribution in [2.24, 2.45) is 0 Å². The van der Waals surface area contributed by atoms with Gasteiger partial charge >= 0.3 is 0 Å². The van der Waals surface area contributed by atoms with Gasteiger partial charge in [-0.15, -0.1) is 0 Å². The Kier molecular flexibility index (Phi) is 3.02. The fourth-order valence-corrected chi connectivity index (χ4v) is 1.45. The Morgan fingerprint density at radius 3 is 3.00 bits per heavy atom. The Balaban J connectivity index is 3.02. The van der Waals surface area contributed by atoms with Gasteiger partial charge in [-0.1, -0.05) is 27.5 Å². The van der Waals surface area contributed by atoms with E-state index >= 15 is 0 Å². The number of rotatable bonds is 2. The second-order valence-corrected chi connectivity index (χ2v) is 3.33. The van der Waals surface area contributed by atoms with Gasteiger partial charge in [0.2, 0.25) is 0 Å². The molecule has 0 fully saturated rings. The summed E-state index contributed by atoms with van der Waals surface area (Å²) in [4.78, 5) is 13.8. The van der Waals surface area contributed by atoms with Gasteiger partial charge in [0.15, 0.2) is 0 Å². The zero-order valence-corrected chi connectivity index (χ0v) is 7.84. The summed E-state index contributed by atoms with van der Waals surface area (Å²) in [6, 6.07) is 1.70. The van der Waals surface area contributed by atoms with E-state index in [1.807, 2.05) is 0 Å². The molecule has 0 amide bonds. The highest BCUT2D eigenvalue weighted by Gasteiger charge is 2.08. The number of hydrogen-bond donors (Lipinski definition) is 0. The summed E-state index contributed by atoms with van der Waals surface area (Å²) in [5.74, 6) is 0. The van der Waals surface area contributed by atoms with Crippen LogP contribution in [0.25, 0.3) is 0 Å². The third-order valence-corrected chi connectivity index (χ3v) is 2.25. The molecule has 1 aromatic rings. The second kappa shape index (κ2) is 3.83. The van der Waals surface area contributed by atoms with Crippen molar-refractivity contribution in [2.75, 3.05) is 0 Å². The van der Waals surface area contributed by atoms with Crippen LogP contribution in [0, 0.1) is 0 Å². The molecule has 0 radical (unpaired) electrons. The zero-order valence-electron chi connectivity index (χ0n) is 5.50. The van der Waals surface area contributed by atoms with Gasteiger partial charge in [-0.05, 0) is 11.6 Å². The lowest BCUT2D eigenvalue weighted by Gasteiger charge is -2.02. The smallest absolute Gasteiger partial charge is 0.138 e. The molecule has 2 nitrogen and oxygen atoms in total. The molecule has 0 unspecified atom stereocenters. The van der Waals surface area contributed by atoms with Gasteiger partial charge in [-0.3, -0.25) is 4.98 Å². The van der Waals surface area contributed by atoms with Crippen molar-refractivity contribution in [3.63, 3.8) is 0 Å². The first-order chi connectivity index (χ1) is 5.25. The minimum absolute atomic E-state index is 0.335. The van der Waals surface area contributed by atoms with E-state index in [9.17, 15) is 4.79 Å². The van der Waals surface area contributed by atoms with Crippen LogP contribution in [0.2, 0.25) is 5.02 Å². The molecule has 0 aromatic carbocycles. The number of hydrogen-bond acceptors (Lipinski definition) is 2. The zero-order chi connectivity index (χ0) is 8.27. The summed E-state index contributed by atoms with van der Waals surface area (Å²) in [5.41, 5.74) is 0.747. The van der Waals surface area contributed by atoms with Crippen LogP contribution in [0.1, 0.15) is 10.4 Å². The van der Waals surface area contributed by atoms with Crippen molar-refractivity contribution in [2.45, 2.75) is 4.83 Å². The molecular weight excluding hydrogens is 229 g/mol. The Labute approximate surface area is 77.7 Å². The standard InChI is InChI=1S/C7H5BrClNO/c8-6(4-11)5-1-2-10-3-7(5)9/h1-4,6H/t6-/m1/s1. The van der Waals surface area contributed by atoms with E-state index in [1.165, 1.54) is 6.20 Å². The van der Waals surface area contributed by atoms with Crippen LogP contribution >= 0.6 is 27.5 Å². The molecule has 0 saturated heterocycles.